The van der Waals surface area contributed by atoms with Gasteiger partial charge in [0.05, 0.1) is 5.02 Å². The number of hydrogen-bond donors (Lipinski definition) is 0. The van der Waals surface area contributed by atoms with Crippen molar-refractivity contribution in [2.75, 3.05) is 19.7 Å². The van der Waals surface area contributed by atoms with Crippen LogP contribution >= 0.6 is 11.6 Å². The van der Waals surface area contributed by atoms with Crippen molar-refractivity contribution in [3.63, 3.8) is 0 Å². The van der Waals surface area contributed by atoms with E-state index in [9.17, 15) is 9.18 Å². The Hall–Kier alpha value is -1.29. The van der Waals surface area contributed by atoms with Crippen LogP contribution in [-0.4, -0.2) is 30.5 Å². The minimum absolute atomic E-state index is 0.0488. The van der Waals surface area contributed by atoms with Gasteiger partial charge in [-0.05, 0) is 37.0 Å². The molecule has 19 heavy (non-hydrogen) atoms. The number of halogens is 2. The highest BCUT2D eigenvalue weighted by atomic mass is 35.5. The van der Waals surface area contributed by atoms with E-state index in [4.69, 9.17) is 16.3 Å². The van der Waals surface area contributed by atoms with Crippen LogP contribution in [0.25, 0.3) is 0 Å². The van der Waals surface area contributed by atoms with Crippen LogP contribution in [0.3, 0.4) is 0 Å². The van der Waals surface area contributed by atoms with Gasteiger partial charge in [0.25, 0.3) is 5.91 Å². The number of carbonyl (C=O) groups excluding carboxylic acids is 1. The molecule has 5 heteroatoms. The lowest BCUT2D eigenvalue weighted by Gasteiger charge is -2.30. The Morgan fingerprint density at radius 2 is 2.16 bits per heavy atom. The van der Waals surface area contributed by atoms with Gasteiger partial charge in [0.2, 0.25) is 0 Å². The maximum atomic E-state index is 12.9. The molecule has 0 radical (unpaired) electrons. The van der Waals surface area contributed by atoms with Gasteiger partial charge in [0.1, 0.15) is 11.6 Å². The summed E-state index contributed by atoms with van der Waals surface area (Å²) in [6.07, 6.45) is 2.06. The maximum Gasteiger partial charge on any atom is 0.260 e. The van der Waals surface area contributed by atoms with Crippen molar-refractivity contribution in [2.45, 2.75) is 19.8 Å². The van der Waals surface area contributed by atoms with Gasteiger partial charge in [0, 0.05) is 13.1 Å². The smallest absolute Gasteiger partial charge is 0.260 e. The van der Waals surface area contributed by atoms with Crippen LogP contribution in [0.15, 0.2) is 18.2 Å². The number of nitrogens with zero attached hydrogens (tertiary/aromatic N) is 1. The molecule has 1 amide bonds. The van der Waals surface area contributed by atoms with E-state index in [1.165, 1.54) is 18.2 Å². The molecule has 0 aliphatic carbocycles. The topological polar surface area (TPSA) is 29.5 Å². The highest BCUT2D eigenvalue weighted by Gasteiger charge is 2.20. The zero-order valence-electron chi connectivity index (χ0n) is 10.9. The second-order valence-electron chi connectivity index (χ2n) is 4.93. The maximum absolute atomic E-state index is 12.9. The molecular weight excluding hydrogens is 269 g/mol. The lowest BCUT2D eigenvalue weighted by Crippen LogP contribution is -2.40. The largest absolute Gasteiger partial charge is 0.482 e. The minimum atomic E-state index is -0.423. The summed E-state index contributed by atoms with van der Waals surface area (Å²) in [5.41, 5.74) is 0. The highest BCUT2D eigenvalue weighted by molar-refractivity contribution is 6.32. The second-order valence-corrected chi connectivity index (χ2v) is 5.33. The van der Waals surface area contributed by atoms with Gasteiger partial charge in [0.15, 0.2) is 6.61 Å². The highest BCUT2D eigenvalue weighted by Crippen LogP contribution is 2.25. The molecule has 0 unspecified atom stereocenters. The molecule has 1 aliphatic rings. The monoisotopic (exact) mass is 285 g/mol. The van der Waals surface area contributed by atoms with Crippen molar-refractivity contribution in [2.24, 2.45) is 5.92 Å². The Kier molecular flexibility index (Phi) is 4.64. The predicted molar refractivity (Wildman–Crippen MR) is 71.9 cm³/mol. The third-order valence-electron chi connectivity index (χ3n) is 3.38. The Morgan fingerprint density at radius 3 is 2.79 bits per heavy atom. The average Bonchev–Trinajstić information content (AvgIpc) is 2.38. The molecule has 0 aromatic heterocycles. The first-order valence-corrected chi connectivity index (χ1v) is 6.79. The van der Waals surface area contributed by atoms with Crippen molar-refractivity contribution < 1.29 is 13.9 Å². The number of amides is 1. The van der Waals surface area contributed by atoms with E-state index >= 15 is 0 Å². The van der Waals surface area contributed by atoms with Crippen molar-refractivity contribution in [1.29, 1.82) is 0 Å². The summed E-state index contributed by atoms with van der Waals surface area (Å²) in [6, 6.07) is 3.86. The molecule has 0 N–H and O–H groups in total. The molecule has 1 aromatic rings. The summed E-state index contributed by atoms with van der Waals surface area (Å²) in [5, 5.41) is 0.181. The van der Waals surface area contributed by atoms with Gasteiger partial charge in [-0.25, -0.2) is 4.39 Å². The van der Waals surface area contributed by atoms with E-state index in [-0.39, 0.29) is 17.5 Å². The van der Waals surface area contributed by atoms with Gasteiger partial charge in [-0.1, -0.05) is 18.5 Å². The van der Waals surface area contributed by atoms with Crippen LogP contribution in [-0.2, 0) is 4.79 Å². The molecule has 0 atom stereocenters. The molecule has 0 bridgehead atoms. The van der Waals surface area contributed by atoms with Gasteiger partial charge < -0.3 is 9.64 Å². The van der Waals surface area contributed by atoms with Crippen LogP contribution in [0.1, 0.15) is 19.8 Å². The van der Waals surface area contributed by atoms with E-state index in [1.54, 1.807) is 4.90 Å². The lowest BCUT2D eigenvalue weighted by molar-refractivity contribution is -0.134. The van der Waals surface area contributed by atoms with Crippen LogP contribution in [0, 0.1) is 11.7 Å². The van der Waals surface area contributed by atoms with E-state index in [1.807, 2.05) is 0 Å². The fourth-order valence-electron chi connectivity index (χ4n) is 2.08. The molecule has 0 spiro atoms. The molecule has 1 saturated heterocycles. The molecular formula is C14H17ClFNO2. The lowest BCUT2D eigenvalue weighted by atomic mass is 9.99. The normalized spacial score (nSPS) is 16.5. The van der Waals surface area contributed by atoms with E-state index < -0.39 is 5.82 Å². The molecule has 0 saturated carbocycles. The van der Waals surface area contributed by atoms with Gasteiger partial charge in [-0.2, -0.15) is 0 Å². The fraction of sp³-hybridized carbons (Fsp3) is 0.500. The number of benzene rings is 1. The zero-order chi connectivity index (χ0) is 13.8. The first-order valence-electron chi connectivity index (χ1n) is 6.42. The first kappa shape index (κ1) is 14.1. The number of likely N-dealkylation sites (tertiary alicyclic amines) is 1. The molecule has 2 rings (SSSR count). The van der Waals surface area contributed by atoms with Gasteiger partial charge in [-0.15, -0.1) is 0 Å². The Morgan fingerprint density at radius 1 is 1.47 bits per heavy atom. The number of carbonyl (C=O) groups is 1. The molecule has 1 aliphatic heterocycles. The molecule has 3 nitrogen and oxygen atoms in total. The Bertz CT molecular complexity index is 459. The molecule has 1 heterocycles. The quantitative estimate of drug-likeness (QED) is 0.854. The SMILES string of the molecule is CC1CCN(C(=O)COc2ccc(F)cc2Cl)CC1. The Labute approximate surface area is 117 Å². The van der Waals surface area contributed by atoms with Crippen molar-refractivity contribution in [3.8, 4) is 5.75 Å². The summed E-state index contributed by atoms with van der Waals surface area (Å²) in [5.74, 6) is 0.541. The first-order chi connectivity index (χ1) is 9.06. The third-order valence-corrected chi connectivity index (χ3v) is 3.68. The molecule has 1 aromatic carbocycles. The zero-order valence-corrected chi connectivity index (χ0v) is 11.6. The summed E-state index contributed by atoms with van der Waals surface area (Å²) in [7, 11) is 0. The average molecular weight is 286 g/mol. The van der Waals surface area contributed by atoms with Crippen molar-refractivity contribution in [1.82, 2.24) is 4.90 Å². The minimum Gasteiger partial charge on any atom is -0.482 e. The van der Waals surface area contributed by atoms with Crippen molar-refractivity contribution in [3.05, 3.63) is 29.0 Å². The number of ether oxygens (including phenoxy) is 1. The van der Waals surface area contributed by atoms with Crippen LogP contribution in [0.5, 0.6) is 5.75 Å². The Balaban J connectivity index is 1.86. The standard InChI is InChI=1S/C14H17ClFNO2/c1-10-4-6-17(7-5-10)14(18)9-19-13-3-2-11(16)8-12(13)15/h2-3,8,10H,4-7,9H2,1H3. The molecule has 1 fully saturated rings. The number of piperidine rings is 1. The fourth-order valence-corrected chi connectivity index (χ4v) is 2.30. The summed E-state index contributed by atoms with van der Waals surface area (Å²) >= 11 is 5.83. The predicted octanol–water partition coefficient (Wildman–Crippen LogP) is 3.12. The summed E-state index contributed by atoms with van der Waals surface area (Å²) < 4.78 is 18.2. The van der Waals surface area contributed by atoms with E-state index in [0.29, 0.717) is 11.7 Å². The van der Waals surface area contributed by atoms with E-state index in [2.05, 4.69) is 6.92 Å². The summed E-state index contributed by atoms with van der Waals surface area (Å²) in [6.45, 7) is 3.69. The number of rotatable bonds is 3. The van der Waals surface area contributed by atoms with Gasteiger partial charge in [-0.3, -0.25) is 4.79 Å². The van der Waals surface area contributed by atoms with Crippen LogP contribution in [0.2, 0.25) is 5.02 Å². The molecule has 104 valence electrons. The summed E-state index contributed by atoms with van der Waals surface area (Å²) in [4.78, 5) is 13.7. The van der Waals surface area contributed by atoms with Crippen molar-refractivity contribution >= 4 is 17.5 Å². The van der Waals surface area contributed by atoms with Gasteiger partial charge >= 0.3 is 0 Å². The second kappa shape index (κ2) is 6.24. The van der Waals surface area contributed by atoms with Crippen LogP contribution in [0.4, 0.5) is 4.39 Å². The van der Waals surface area contributed by atoms with E-state index in [0.717, 1.165) is 25.9 Å². The third kappa shape index (κ3) is 3.83. The number of hydrogen-bond acceptors (Lipinski definition) is 2. The van der Waals surface area contributed by atoms with Crippen LogP contribution < -0.4 is 4.74 Å².